The Balaban J connectivity index is 1.98. The lowest BCUT2D eigenvalue weighted by atomic mass is 10.1. The van der Waals surface area contributed by atoms with E-state index >= 15 is 0 Å². The number of esters is 2. The Morgan fingerprint density at radius 2 is 1.42 bits per heavy atom. The lowest BCUT2D eigenvalue weighted by Crippen LogP contribution is -2.12. The standard InChI is InChI=1S/C24H28N2O5/c1-3-5-6-7-8-9-23(28)31-22-17-15-20(14-16-21(22)27)26-25-19-12-10-18(11-13-19)24(29)30-4-2/h10-17H,3-9H2,1-2H3. The van der Waals surface area contributed by atoms with E-state index in [0.29, 0.717) is 23.5 Å². The molecule has 2 rings (SSSR count). The fourth-order valence-corrected chi connectivity index (χ4v) is 2.73. The van der Waals surface area contributed by atoms with E-state index in [1.807, 2.05) is 0 Å². The summed E-state index contributed by atoms with van der Waals surface area (Å²) in [5.41, 5.74) is 0.990. The van der Waals surface area contributed by atoms with Gasteiger partial charge in [-0.25, -0.2) is 4.79 Å². The lowest BCUT2D eigenvalue weighted by molar-refractivity contribution is -0.134. The van der Waals surface area contributed by atoms with Gasteiger partial charge >= 0.3 is 11.9 Å². The van der Waals surface area contributed by atoms with Crippen molar-refractivity contribution in [2.24, 2.45) is 10.2 Å². The van der Waals surface area contributed by atoms with Crippen molar-refractivity contribution < 1.29 is 19.1 Å². The first-order valence-corrected chi connectivity index (χ1v) is 10.6. The average molecular weight is 424 g/mol. The minimum absolute atomic E-state index is 0.0289. The van der Waals surface area contributed by atoms with Crippen LogP contribution in [0.15, 0.2) is 63.6 Å². The van der Waals surface area contributed by atoms with Crippen LogP contribution in [0.2, 0.25) is 0 Å². The zero-order valence-corrected chi connectivity index (χ0v) is 18.0. The number of hydrogen-bond donors (Lipinski definition) is 0. The van der Waals surface area contributed by atoms with Crippen molar-refractivity contribution >= 4 is 23.3 Å². The summed E-state index contributed by atoms with van der Waals surface area (Å²) in [5, 5.41) is 8.20. The minimum Gasteiger partial charge on any atom is -0.462 e. The van der Waals surface area contributed by atoms with E-state index in [0.717, 1.165) is 32.1 Å². The van der Waals surface area contributed by atoms with Gasteiger partial charge in [0.2, 0.25) is 5.43 Å². The number of benzene rings is 1. The highest BCUT2D eigenvalue weighted by atomic mass is 16.5. The third-order valence-electron chi connectivity index (χ3n) is 4.42. The average Bonchev–Trinajstić information content (AvgIpc) is 2.94. The van der Waals surface area contributed by atoms with Gasteiger partial charge < -0.3 is 9.47 Å². The van der Waals surface area contributed by atoms with E-state index in [1.165, 1.54) is 18.2 Å². The van der Waals surface area contributed by atoms with Crippen molar-refractivity contribution in [3.05, 3.63) is 64.3 Å². The number of hydrogen-bond acceptors (Lipinski definition) is 7. The predicted octanol–water partition coefficient (Wildman–Crippen LogP) is 5.90. The molecule has 2 aromatic carbocycles. The number of nitrogens with zero attached hydrogens (tertiary/aromatic N) is 2. The molecule has 0 atom stereocenters. The summed E-state index contributed by atoms with van der Waals surface area (Å²) in [4.78, 5) is 35.8. The third kappa shape index (κ3) is 8.50. The van der Waals surface area contributed by atoms with Gasteiger partial charge in [-0.3, -0.25) is 9.59 Å². The van der Waals surface area contributed by atoms with Gasteiger partial charge in [0.25, 0.3) is 0 Å². The summed E-state index contributed by atoms with van der Waals surface area (Å²) in [5.74, 6) is -0.837. The Kier molecular flexibility index (Phi) is 10.1. The van der Waals surface area contributed by atoms with Gasteiger partial charge in [-0.2, -0.15) is 10.2 Å². The maximum atomic E-state index is 12.2. The van der Waals surface area contributed by atoms with Crippen molar-refractivity contribution in [3.63, 3.8) is 0 Å². The highest BCUT2D eigenvalue weighted by Crippen LogP contribution is 2.19. The van der Waals surface area contributed by atoms with E-state index < -0.39 is 17.4 Å². The van der Waals surface area contributed by atoms with Crippen LogP contribution in [0.4, 0.5) is 11.4 Å². The van der Waals surface area contributed by atoms with Crippen LogP contribution in [-0.4, -0.2) is 18.5 Å². The monoisotopic (exact) mass is 424 g/mol. The van der Waals surface area contributed by atoms with Crippen LogP contribution in [0.3, 0.4) is 0 Å². The highest BCUT2D eigenvalue weighted by molar-refractivity contribution is 5.89. The Labute approximate surface area is 182 Å². The first kappa shape index (κ1) is 23.9. The summed E-state index contributed by atoms with van der Waals surface area (Å²) in [7, 11) is 0. The molecule has 0 bridgehead atoms. The van der Waals surface area contributed by atoms with Gasteiger partial charge in [-0.15, -0.1) is 0 Å². The van der Waals surface area contributed by atoms with Crippen LogP contribution in [0, 0.1) is 0 Å². The second kappa shape index (κ2) is 13.1. The minimum atomic E-state index is -0.412. The molecule has 0 aliphatic rings. The van der Waals surface area contributed by atoms with Crippen LogP contribution in [0.5, 0.6) is 5.75 Å². The van der Waals surface area contributed by atoms with Crippen LogP contribution >= 0.6 is 0 Å². The Bertz CT molecular complexity index is 955. The molecule has 0 spiro atoms. The van der Waals surface area contributed by atoms with Crippen LogP contribution in [0.25, 0.3) is 0 Å². The number of carbonyl (C=O) groups is 2. The topological polar surface area (TPSA) is 94.4 Å². The number of unbranched alkanes of at least 4 members (excludes halogenated alkanes) is 4. The Hall–Kier alpha value is -3.35. The first-order valence-electron chi connectivity index (χ1n) is 10.6. The molecule has 164 valence electrons. The fraction of sp³-hybridized carbons (Fsp3) is 0.375. The highest BCUT2D eigenvalue weighted by Gasteiger charge is 2.08. The molecule has 0 saturated heterocycles. The molecule has 0 N–H and O–H groups in total. The third-order valence-corrected chi connectivity index (χ3v) is 4.42. The van der Waals surface area contributed by atoms with Crippen molar-refractivity contribution in [1.82, 2.24) is 0 Å². The zero-order chi connectivity index (χ0) is 22.5. The number of carbonyl (C=O) groups excluding carboxylic acids is 2. The van der Waals surface area contributed by atoms with Gasteiger partial charge in [-0.1, -0.05) is 32.6 Å². The van der Waals surface area contributed by atoms with E-state index in [9.17, 15) is 14.4 Å². The fourth-order valence-electron chi connectivity index (χ4n) is 2.73. The Morgan fingerprint density at radius 3 is 2.06 bits per heavy atom. The van der Waals surface area contributed by atoms with Gasteiger partial charge in [0.1, 0.15) is 0 Å². The molecular formula is C24H28N2O5. The molecule has 0 aromatic heterocycles. The number of rotatable bonds is 11. The molecule has 7 heteroatoms. The van der Waals surface area contributed by atoms with E-state index in [4.69, 9.17) is 9.47 Å². The molecular weight excluding hydrogens is 396 g/mol. The molecule has 0 heterocycles. The smallest absolute Gasteiger partial charge is 0.338 e. The van der Waals surface area contributed by atoms with Gasteiger partial charge in [0.15, 0.2) is 5.75 Å². The molecule has 0 aliphatic heterocycles. The quantitative estimate of drug-likeness (QED) is 0.254. The molecule has 7 nitrogen and oxygen atoms in total. The number of ether oxygens (including phenoxy) is 2. The molecule has 0 aliphatic carbocycles. The van der Waals surface area contributed by atoms with Gasteiger partial charge in [0, 0.05) is 6.42 Å². The normalized spacial score (nSPS) is 10.8. The van der Waals surface area contributed by atoms with Crippen LogP contribution in [0.1, 0.15) is 62.7 Å². The predicted molar refractivity (Wildman–Crippen MR) is 118 cm³/mol. The SMILES string of the molecule is CCCCCCCC(=O)Oc1ccc(N=Nc2ccc(C(=O)OCC)cc2)ccc1=O. The van der Waals surface area contributed by atoms with E-state index in [-0.39, 0.29) is 12.2 Å². The molecule has 0 radical (unpaired) electrons. The van der Waals surface area contributed by atoms with Crippen LogP contribution in [-0.2, 0) is 9.53 Å². The molecule has 31 heavy (non-hydrogen) atoms. The van der Waals surface area contributed by atoms with E-state index in [1.54, 1.807) is 37.3 Å². The molecule has 0 saturated carbocycles. The largest absolute Gasteiger partial charge is 0.462 e. The van der Waals surface area contributed by atoms with Crippen molar-refractivity contribution in [2.45, 2.75) is 52.4 Å². The number of azo groups is 1. The van der Waals surface area contributed by atoms with Crippen molar-refractivity contribution in [2.75, 3.05) is 6.61 Å². The van der Waals surface area contributed by atoms with Crippen molar-refractivity contribution in [1.29, 1.82) is 0 Å². The molecule has 0 unspecified atom stereocenters. The molecule has 0 fully saturated rings. The molecule has 2 aromatic rings. The van der Waals surface area contributed by atoms with Gasteiger partial charge in [0.05, 0.1) is 23.5 Å². The summed E-state index contributed by atoms with van der Waals surface area (Å²) >= 11 is 0. The lowest BCUT2D eigenvalue weighted by Gasteiger charge is -2.02. The van der Waals surface area contributed by atoms with Crippen LogP contribution < -0.4 is 10.2 Å². The van der Waals surface area contributed by atoms with Crippen molar-refractivity contribution in [3.8, 4) is 5.75 Å². The Morgan fingerprint density at radius 1 is 0.806 bits per heavy atom. The molecule has 0 amide bonds. The second-order valence-electron chi connectivity index (χ2n) is 6.93. The summed E-state index contributed by atoms with van der Waals surface area (Å²) in [6.45, 7) is 4.19. The van der Waals surface area contributed by atoms with E-state index in [2.05, 4.69) is 17.2 Å². The zero-order valence-electron chi connectivity index (χ0n) is 18.0. The maximum Gasteiger partial charge on any atom is 0.338 e. The summed E-state index contributed by atoms with van der Waals surface area (Å²) in [6, 6.07) is 12.3. The van der Waals surface area contributed by atoms with Gasteiger partial charge in [-0.05, 0) is 61.9 Å². The maximum absolute atomic E-state index is 12.2. The second-order valence-corrected chi connectivity index (χ2v) is 6.93. The summed E-state index contributed by atoms with van der Waals surface area (Å²) in [6.07, 6.45) is 5.40. The summed E-state index contributed by atoms with van der Waals surface area (Å²) < 4.78 is 10.2. The first-order chi connectivity index (χ1) is 15.0.